The van der Waals surface area contributed by atoms with E-state index in [4.69, 9.17) is 27.6 Å². The summed E-state index contributed by atoms with van der Waals surface area (Å²) in [5.41, 5.74) is 0.835. The van der Waals surface area contributed by atoms with E-state index in [0.29, 0.717) is 41.1 Å². The van der Waals surface area contributed by atoms with Crippen molar-refractivity contribution in [2.75, 3.05) is 31.1 Å². The van der Waals surface area contributed by atoms with Gasteiger partial charge in [0.25, 0.3) is 0 Å². The monoisotopic (exact) mass is 454 g/mol. The number of hydrogen-bond acceptors (Lipinski definition) is 3. The van der Waals surface area contributed by atoms with E-state index in [1.807, 2.05) is 23.1 Å². The first kappa shape index (κ1) is 21.1. The van der Waals surface area contributed by atoms with Crippen LogP contribution >= 0.6 is 23.2 Å². The molecule has 3 aromatic rings. The molecule has 0 N–H and O–H groups in total. The van der Waals surface area contributed by atoms with Gasteiger partial charge in [-0.05, 0) is 48.5 Å². The largest absolute Gasteiger partial charge is 0.460 e. The third kappa shape index (κ3) is 4.77. The molecule has 3 nitrogen and oxygen atoms in total. The number of rotatable bonds is 4. The van der Waals surface area contributed by atoms with E-state index in [1.54, 1.807) is 18.2 Å². The summed E-state index contributed by atoms with van der Waals surface area (Å²) in [6.45, 7) is 3.42. The topological polar surface area (TPSA) is 19.6 Å². The number of benzene rings is 2. The number of alkyl halides is 3. The molecule has 1 aliphatic heterocycles. The highest BCUT2D eigenvalue weighted by Crippen LogP contribution is 2.32. The van der Waals surface area contributed by atoms with Crippen LogP contribution < -0.4 is 4.90 Å². The number of hydrogen-bond donors (Lipinski definition) is 0. The van der Waals surface area contributed by atoms with Gasteiger partial charge in [-0.1, -0.05) is 29.3 Å². The average molecular weight is 455 g/mol. The van der Waals surface area contributed by atoms with E-state index in [-0.39, 0.29) is 0 Å². The van der Waals surface area contributed by atoms with Gasteiger partial charge in [-0.25, -0.2) is 0 Å². The molecule has 0 unspecified atom stereocenters. The molecule has 4 rings (SSSR count). The van der Waals surface area contributed by atoms with Gasteiger partial charge < -0.3 is 9.32 Å². The zero-order valence-electron chi connectivity index (χ0n) is 15.9. The van der Waals surface area contributed by atoms with Crippen molar-refractivity contribution in [2.45, 2.75) is 12.7 Å². The van der Waals surface area contributed by atoms with Crippen LogP contribution in [0.25, 0.3) is 11.3 Å². The molecule has 0 aliphatic carbocycles. The lowest BCUT2D eigenvalue weighted by molar-refractivity contribution is -0.137. The second-order valence-electron chi connectivity index (χ2n) is 7.21. The molecule has 8 heteroatoms. The maximum atomic E-state index is 13.0. The van der Waals surface area contributed by atoms with Crippen LogP contribution in [0.15, 0.2) is 59.0 Å². The molecule has 1 aromatic heterocycles. The van der Waals surface area contributed by atoms with Crippen LogP contribution in [0.2, 0.25) is 10.0 Å². The fourth-order valence-corrected chi connectivity index (χ4v) is 3.83. The van der Waals surface area contributed by atoms with Gasteiger partial charge in [-0.3, -0.25) is 4.90 Å². The predicted octanol–water partition coefficient (Wildman–Crippen LogP) is 6.59. The van der Waals surface area contributed by atoms with Gasteiger partial charge in [-0.2, -0.15) is 13.2 Å². The summed E-state index contributed by atoms with van der Waals surface area (Å²) in [7, 11) is 0. The van der Waals surface area contributed by atoms with E-state index >= 15 is 0 Å². The van der Waals surface area contributed by atoms with Crippen LogP contribution in [-0.2, 0) is 12.7 Å². The molecule has 0 radical (unpaired) electrons. The van der Waals surface area contributed by atoms with Gasteiger partial charge in [0.15, 0.2) is 0 Å². The number of anilines is 1. The third-order valence-electron chi connectivity index (χ3n) is 5.16. The molecule has 0 bridgehead atoms. The molecule has 1 fully saturated rings. The summed E-state index contributed by atoms with van der Waals surface area (Å²) in [4.78, 5) is 4.20. The Bertz CT molecular complexity index is 1030. The quantitative estimate of drug-likeness (QED) is 0.442. The Labute approximate surface area is 182 Å². The first-order chi connectivity index (χ1) is 14.3. The fourth-order valence-electron chi connectivity index (χ4n) is 3.53. The average Bonchev–Trinajstić information content (AvgIpc) is 3.18. The minimum absolute atomic E-state index is 0.470. The number of piperazine rings is 1. The van der Waals surface area contributed by atoms with Crippen molar-refractivity contribution in [3.8, 4) is 11.3 Å². The van der Waals surface area contributed by atoms with Gasteiger partial charge >= 0.3 is 6.18 Å². The van der Waals surface area contributed by atoms with E-state index in [1.165, 1.54) is 12.1 Å². The first-order valence-electron chi connectivity index (χ1n) is 9.48. The summed E-state index contributed by atoms with van der Waals surface area (Å²) >= 11 is 12.0. The Kier molecular flexibility index (Phi) is 6.00. The Morgan fingerprint density at radius 1 is 0.867 bits per heavy atom. The second kappa shape index (κ2) is 8.53. The minimum Gasteiger partial charge on any atom is -0.460 e. The zero-order chi connectivity index (χ0) is 21.3. The van der Waals surface area contributed by atoms with Crippen LogP contribution in [0, 0.1) is 0 Å². The van der Waals surface area contributed by atoms with Crippen molar-refractivity contribution in [1.29, 1.82) is 0 Å². The highest BCUT2D eigenvalue weighted by molar-refractivity contribution is 6.42. The van der Waals surface area contributed by atoms with E-state index in [0.717, 1.165) is 30.5 Å². The standard InChI is InChI=1S/C22H19Cl2F3N2O/c23-19-6-4-15(12-20(19)24)21-7-5-18(30-21)14-28-8-10-29(11-9-28)17-3-1-2-16(13-17)22(25,26)27/h1-7,12-13H,8-11,14H2. The van der Waals surface area contributed by atoms with E-state index < -0.39 is 11.7 Å². The highest BCUT2D eigenvalue weighted by atomic mass is 35.5. The van der Waals surface area contributed by atoms with Crippen molar-refractivity contribution in [1.82, 2.24) is 4.90 Å². The van der Waals surface area contributed by atoms with Gasteiger partial charge in [0, 0.05) is 37.4 Å². The summed E-state index contributed by atoms with van der Waals surface area (Å²) in [5, 5.41) is 0.962. The smallest absolute Gasteiger partial charge is 0.416 e. The molecule has 30 heavy (non-hydrogen) atoms. The second-order valence-corrected chi connectivity index (χ2v) is 8.02. The van der Waals surface area contributed by atoms with Crippen molar-refractivity contribution in [3.63, 3.8) is 0 Å². The molecule has 2 heterocycles. The van der Waals surface area contributed by atoms with Crippen LogP contribution in [0.5, 0.6) is 0 Å². The Morgan fingerprint density at radius 3 is 2.33 bits per heavy atom. The summed E-state index contributed by atoms with van der Waals surface area (Å²) in [6, 6.07) is 14.7. The lowest BCUT2D eigenvalue weighted by atomic mass is 10.1. The molecule has 0 saturated carbocycles. The first-order valence-corrected chi connectivity index (χ1v) is 10.2. The van der Waals surface area contributed by atoms with Crippen molar-refractivity contribution in [3.05, 3.63) is 76.0 Å². The normalized spacial score (nSPS) is 15.6. The molecular formula is C22H19Cl2F3N2O. The Hall–Kier alpha value is -2.15. The van der Waals surface area contributed by atoms with Crippen LogP contribution in [0.3, 0.4) is 0 Å². The fraction of sp³-hybridized carbons (Fsp3) is 0.273. The summed E-state index contributed by atoms with van der Waals surface area (Å²) in [5.74, 6) is 1.54. The molecule has 0 atom stereocenters. The molecule has 0 spiro atoms. The Morgan fingerprint density at radius 2 is 1.63 bits per heavy atom. The molecule has 158 valence electrons. The van der Waals surface area contributed by atoms with Gasteiger partial charge in [0.05, 0.1) is 22.2 Å². The molecule has 2 aromatic carbocycles. The van der Waals surface area contributed by atoms with Crippen molar-refractivity contribution in [2.24, 2.45) is 0 Å². The van der Waals surface area contributed by atoms with Crippen LogP contribution in [0.4, 0.5) is 18.9 Å². The maximum Gasteiger partial charge on any atom is 0.416 e. The molecule has 1 saturated heterocycles. The van der Waals surface area contributed by atoms with E-state index in [9.17, 15) is 13.2 Å². The predicted molar refractivity (Wildman–Crippen MR) is 113 cm³/mol. The molecule has 1 aliphatic rings. The molecule has 0 amide bonds. The van der Waals surface area contributed by atoms with Crippen molar-refractivity contribution < 1.29 is 17.6 Å². The van der Waals surface area contributed by atoms with Gasteiger partial charge in [-0.15, -0.1) is 0 Å². The summed E-state index contributed by atoms with van der Waals surface area (Å²) in [6.07, 6.45) is -4.33. The number of halogens is 5. The van der Waals surface area contributed by atoms with Crippen LogP contribution in [0.1, 0.15) is 11.3 Å². The number of nitrogens with zero attached hydrogens (tertiary/aromatic N) is 2. The van der Waals surface area contributed by atoms with Gasteiger partial charge in [0.2, 0.25) is 0 Å². The van der Waals surface area contributed by atoms with Crippen molar-refractivity contribution >= 4 is 28.9 Å². The minimum atomic E-state index is -4.33. The maximum absolute atomic E-state index is 13.0. The third-order valence-corrected chi connectivity index (χ3v) is 5.90. The van der Waals surface area contributed by atoms with Crippen LogP contribution in [-0.4, -0.2) is 31.1 Å². The lowest BCUT2D eigenvalue weighted by Gasteiger charge is -2.35. The number of furan rings is 1. The lowest BCUT2D eigenvalue weighted by Crippen LogP contribution is -2.46. The van der Waals surface area contributed by atoms with E-state index in [2.05, 4.69) is 4.90 Å². The zero-order valence-corrected chi connectivity index (χ0v) is 17.4. The SMILES string of the molecule is FC(F)(F)c1cccc(N2CCN(Cc3ccc(-c4ccc(Cl)c(Cl)c4)o3)CC2)c1. The molecular weight excluding hydrogens is 436 g/mol. The highest BCUT2D eigenvalue weighted by Gasteiger charge is 2.31. The van der Waals surface area contributed by atoms with Gasteiger partial charge in [0.1, 0.15) is 11.5 Å². The summed E-state index contributed by atoms with van der Waals surface area (Å²) < 4.78 is 44.8. The Balaban J connectivity index is 1.36.